The molecule has 0 N–H and O–H groups in total. The number of hydrogen-bond acceptors (Lipinski definition) is 5. The lowest BCUT2D eigenvalue weighted by atomic mass is 10.1. The molecule has 0 unspecified atom stereocenters. The molecule has 0 atom stereocenters. The Morgan fingerprint density at radius 2 is 1.97 bits per heavy atom. The number of terminal acetylenes is 1. The lowest BCUT2D eigenvalue weighted by Crippen LogP contribution is -2.35. The van der Waals surface area contributed by atoms with Crippen LogP contribution in [0.3, 0.4) is 0 Å². The molecule has 1 heterocycles. The van der Waals surface area contributed by atoms with Gasteiger partial charge in [0.15, 0.2) is 5.11 Å². The Kier molecular flexibility index (Phi) is 7.67. The molecule has 1 fully saturated rings. The monoisotopic (exact) mass is 512 g/mol. The van der Waals surface area contributed by atoms with Crippen molar-refractivity contribution in [2.75, 3.05) is 25.2 Å². The van der Waals surface area contributed by atoms with Gasteiger partial charge in [0.1, 0.15) is 24.6 Å². The van der Waals surface area contributed by atoms with Gasteiger partial charge < -0.3 is 14.4 Å². The van der Waals surface area contributed by atoms with E-state index in [2.05, 4.69) is 28.8 Å². The third kappa shape index (κ3) is 5.01. The molecule has 0 aliphatic carbocycles. The minimum absolute atomic E-state index is 0.0753. The van der Waals surface area contributed by atoms with E-state index >= 15 is 0 Å². The van der Waals surface area contributed by atoms with Crippen LogP contribution in [0.15, 0.2) is 52.6 Å². The van der Waals surface area contributed by atoms with Crippen molar-refractivity contribution in [2.45, 2.75) is 13.3 Å². The van der Waals surface area contributed by atoms with E-state index in [1.54, 1.807) is 18.2 Å². The van der Waals surface area contributed by atoms with E-state index in [1.165, 1.54) is 16.9 Å². The Balaban J connectivity index is 2.08. The van der Waals surface area contributed by atoms with E-state index < -0.39 is 5.97 Å². The molecule has 0 radical (unpaired) electrons. The molecule has 0 spiro atoms. The summed E-state index contributed by atoms with van der Waals surface area (Å²) < 4.78 is 11.2. The van der Waals surface area contributed by atoms with Crippen molar-refractivity contribution < 1.29 is 19.1 Å². The number of ether oxygens (including phenoxy) is 2. The summed E-state index contributed by atoms with van der Waals surface area (Å²) in [5.74, 6) is 2.05. The van der Waals surface area contributed by atoms with Crippen molar-refractivity contribution in [1.82, 2.24) is 4.90 Å². The quantitative estimate of drug-likeness (QED) is 0.240. The van der Waals surface area contributed by atoms with Crippen LogP contribution in [-0.2, 0) is 20.7 Å². The summed E-state index contributed by atoms with van der Waals surface area (Å²) in [7, 11) is 1.29. The van der Waals surface area contributed by atoms with Crippen molar-refractivity contribution in [2.24, 2.45) is 0 Å². The van der Waals surface area contributed by atoms with Gasteiger partial charge >= 0.3 is 5.97 Å². The van der Waals surface area contributed by atoms with Crippen LogP contribution in [0.4, 0.5) is 5.69 Å². The second-order valence-corrected chi connectivity index (χ2v) is 8.09. The number of esters is 1. The highest BCUT2D eigenvalue weighted by atomic mass is 79.9. The van der Waals surface area contributed by atoms with Crippen LogP contribution in [0.1, 0.15) is 18.1 Å². The summed E-state index contributed by atoms with van der Waals surface area (Å²) >= 11 is 9.02. The number of carbonyl (C=O) groups is 2. The summed E-state index contributed by atoms with van der Waals surface area (Å²) in [6, 6.07) is 12.9. The highest BCUT2D eigenvalue weighted by Crippen LogP contribution is 2.32. The number of rotatable bonds is 7. The first-order valence-corrected chi connectivity index (χ1v) is 11.0. The minimum Gasteiger partial charge on any atom is -0.480 e. The van der Waals surface area contributed by atoms with Crippen LogP contribution in [0.25, 0.3) is 6.08 Å². The van der Waals surface area contributed by atoms with Gasteiger partial charge in [-0.15, -0.1) is 6.42 Å². The third-order valence-electron chi connectivity index (χ3n) is 4.83. The number of methoxy groups -OCH3 is 1. The lowest BCUT2D eigenvalue weighted by Gasteiger charge is -2.19. The van der Waals surface area contributed by atoms with E-state index in [1.807, 2.05) is 30.3 Å². The number of nitrogens with zero attached hydrogens (tertiary/aromatic N) is 2. The van der Waals surface area contributed by atoms with Crippen molar-refractivity contribution >= 4 is 56.9 Å². The van der Waals surface area contributed by atoms with Gasteiger partial charge in [-0.25, -0.2) is 0 Å². The van der Waals surface area contributed by atoms with Gasteiger partial charge in [-0.05, 0) is 60.6 Å². The minimum atomic E-state index is -0.521. The predicted molar refractivity (Wildman–Crippen MR) is 131 cm³/mol. The maximum atomic E-state index is 13.5. The fourth-order valence-corrected chi connectivity index (χ4v) is 3.90. The van der Waals surface area contributed by atoms with E-state index in [0.29, 0.717) is 17.0 Å². The fraction of sp³-hybridized carbons (Fsp3) is 0.208. The lowest BCUT2D eigenvalue weighted by molar-refractivity contribution is -0.140. The first-order valence-electron chi connectivity index (χ1n) is 9.78. The molecule has 0 bridgehead atoms. The maximum Gasteiger partial charge on any atom is 0.325 e. The smallest absolute Gasteiger partial charge is 0.325 e. The second kappa shape index (κ2) is 10.4. The molecule has 0 aromatic heterocycles. The van der Waals surface area contributed by atoms with Crippen LogP contribution in [0.2, 0.25) is 0 Å². The second-order valence-electron chi connectivity index (χ2n) is 6.81. The number of benzene rings is 2. The Bertz CT molecular complexity index is 1120. The number of anilines is 1. The topological polar surface area (TPSA) is 59.1 Å². The van der Waals surface area contributed by atoms with Gasteiger partial charge in [-0.1, -0.05) is 40.9 Å². The third-order valence-corrected chi connectivity index (χ3v) is 5.72. The summed E-state index contributed by atoms with van der Waals surface area (Å²) in [4.78, 5) is 28.4. The Morgan fingerprint density at radius 3 is 2.59 bits per heavy atom. The van der Waals surface area contributed by atoms with Crippen molar-refractivity contribution in [3.05, 3.63) is 63.8 Å². The maximum absolute atomic E-state index is 13.5. The van der Waals surface area contributed by atoms with E-state index in [0.717, 1.165) is 16.5 Å². The molecule has 6 nitrogen and oxygen atoms in total. The molecular weight excluding hydrogens is 492 g/mol. The van der Waals surface area contributed by atoms with Gasteiger partial charge in [-0.2, -0.15) is 0 Å². The SMILES string of the molecule is C#CCOc1ccc(Br)cc1/C=C1/C(=O)N(c2ccc(CC)cc2)C(=S)N1CC(=O)OC. The van der Waals surface area contributed by atoms with Crippen LogP contribution >= 0.6 is 28.1 Å². The van der Waals surface area contributed by atoms with Crippen LogP contribution < -0.4 is 9.64 Å². The van der Waals surface area contributed by atoms with E-state index in [-0.39, 0.29) is 29.9 Å². The number of amides is 1. The first kappa shape index (κ1) is 23.5. The molecule has 1 amide bonds. The summed E-state index contributed by atoms with van der Waals surface area (Å²) in [5, 5.41) is 0.192. The number of aryl methyl sites for hydroxylation is 1. The zero-order valence-electron chi connectivity index (χ0n) is 17.6. The van der Waals surface area contributed by atoms with Crippen LogP contribution in [0, 0.1) is 12.3 Å². The van der Waals surface area contributed by atoms with Crippen LogP contribution in [-0.4, -0.2) is 42.2 Å². The van der Waals surface area contributed by atoms with Gasteiger partial charge in [0.25, 0.3) is 5.91 Å². The van der Waals surface area contributed by atoms with E-state index in [4.69, 9.17) is 28.1 Å². The standard InChI is InChI=1S/C24H21BrN2O4S/c1-4-12-31-21-11-8-18(25)13-17(21)14-20-23(29)27(19-9-6-16(5-2)7-10-19)24(32)26(20)15-22(28)30-3/h1,6-11,13-14H,5,12,15H2,2-3H3/b20-14-. The first-order chi connectivity index (χ1) is 15.4. The van der Waals surface area contributed by atoms with Gasteiger partial charge in [0, 0.05) is 10.0 Å². The van der Waals surface area contributed by atoms with Gasteiger partial charge in [0.2, 0.25) is 0 Å². The molecule has 1 aliphatic heterocycles. The normalized spacial score (nSPS) is 14.6. The largest absolute Gasteiger partial charge is 0.480 e. The molecule has 2 aromatic rings. The van der Waals surface area contributed by atoms with Crippen molar-refractivity contribution in [3.63, 3.8) is 0 Å². The number of halogens is 1. The Morgan fingerprint density at radius 1 is 1.25 bits per heavy atom. The van der Waals surface area contributed by atoms with Gasteiger partial charge in [-0.3, -0.25) is 14.5 Å². The van der Waals surface area contributed by atoms with Gasteiger partial charge in [0.05, 0.1) is 12.8 Å². The molecule has 32 heavy (non-hydrogen) atoms. The highest BCUT2D eigenvalue weighted by molar-refractivity contribution is 9.10. The molecule has 8 heteroatoms. The summed E-state index contributed by atoms with van der Waals surface area (Å²) in [6.07, 6.45) is 7.83. The Labute approximate surface area is 200 Å². The molecule has 1 aliphatic rings. The van der Waals surface area contributed by atoms with Crippen molar-refractivity contribution in [3.8, 4) is 18.1 Å². The summed E-state index contributed by atoms with van der Waals surface area (Å²) in [5.41, 5.74) is 2.59. The Hall–Kier alpha value is -3.15. The number of carbonyl (C=O) groups excluding carboxylic acids is 2. The molecule has 1 saturated heterocycles. The summed E-state index contributed by atoms with van der Waals surface area (Å²) in [6.45, 7) is 1.92. The average Bonchev–Trinajstić information content (AvgIpc) is 3.02. The molecule has 0 saturated carbocycles. The fourth-order valence-electron chi connectivity index (χ4n) is 3.17. The highest BCUT2D eigenvalue weighted by Gasteiger charge is 2.40. The molecule has 3 rings (SSSR count). The number of hydrogen-bond donors (Lipinski definition) is 0. The van der Waals surface area contributed by atoms with Crippen LogP contribution in [0.5, 0.6) is 5.75 Å². The van der Waals surface area contributed by atoms with Crippen molar-refractivity contribution in [1.29, 1.82) is 0 Å². The molecule has 164 valence electrons. The molecular formula is C24H21BrN2O4S. The predicted octanol–water partition coefficient (Wildman–Crippen LogP) is 4.17. The number of thiocarbonyl (C=S) groups is 1. The zero-order chi connectivity index (χ0) is 23.3. The zero-order valence-corrected chi connectivity index (χ0v) is 20.0. The van der Waals surface area contributed by atoms with E-state index in [9.17, 15) is 9.59 Å². The average molecular weight is 513 g/mol. The molecule has 2 aromatic carbocycles.